The lowest BCUT2D eigenvalue weighted by Crippen LogP contribution is -2.52. The van der Waals surface area contributed by atoms with Gasteiger partial charge >= 0.3 is 5.97 Å². The first kappa shape index (κ1) is 22.6. The van der Waals surface area contributed by atoms with Gasteiger partial charge < -0.3 is 14.7 Å². The molecule has 1 N–H and O–H groups in total. The van der Waals surface area contributed by atoms with Crippen LogP contribution in [0, 0.1) is 25.7 Å². The average Bonchev–Trinajstić information content (AvgIpc) is 2.74. The molecule has 1 heterocycles. The number of aliphatic carboxylic acids is 1. The number of ether oxygens (including phenoxy) is 1. The summed E-state index contributed by atoms with van der Waals surface area (Å²) >= 11 is 0. The van der Waals surface area contributed by atoms with Crippen LogP contribution in [0.15, 0.2) is 6.07 Å². The molecule has 6 nitrogen and oxygen atoms in total. The summed E-state index contributed by atoms with van der Waals surface area (Å²) in [5, 5.41) is 8.96. The van der Waals surface area contributed by atoms with Gasteiger partial charge in [0.25, 0.3) is 0 Å². The number of carbonyl (C=O) groups excluding carboxylic acids is 1. The standard InChI is InChI=1S/C24H36N2O4/c1-5-12-30-22-13-16(2)20-7-6-19(14-21(20)18(22)4)17(3)24(29)26-10-8-25(9-11-26)15-23(27)28/h13,17,19H,5-12,14-15H2,1-4H3,(H,27,28)/t17?,19-/m1/s1. The number of carboxylic acid groups (broad SMARTS) is 1. The zero-order valence-electron chi connectivity index (χ0n) is 18.9. The molecule has 1 aliphatic carbocycles. The Morgan fingerprint density at radius 3 is 2.53 bits per heavy atom. The van der Waals surface area contributed by atoms with Crippen LogP contribution < -0.4 is 4.74 Å². The molecule has 0 aromatic heterocycles. The maximum absolute atomic E-state index is 13.2. The fraction of sp³-hybridized carbons (Fsp3) is 0.667. The van der Waals surface area contributed by atoms with E-state index in [4.69, 9.17) is 9.84 Å². The van der Waals surface area contributed by atoms with E-state index in [-0.39, 0.29) is 18.4 Å². The number of benzene rings is 1. The summed E-state index contributed by atoms with van der Waals surface area (Å²) < 4.78 is 5.99. The molecule has 0 bridgehead atoms. The van der Waals surface area contributed by atoms with Crippen LogP contribution in [0.3, 0.4) is 0 Å². The van der Waals surface area contributed by atoms with Crippen molar-refractivity contribution in [1.29, 1.82) is 0 Å². The number of nitrogens with zero attached hydrogens (tertiary/aromatic N) is 2. The zero-order chi connectivity index (χ0) is 21.8. The number of aryl methyl sites for hydroxylation is 1. The fourth-order valence-electron chi connectivity index (χ4n) is 4.92. The second kappa shape index (κ2) is 9.82. The van der Waals surface area contributed by atoms with Crippen molar-refractivity contribution in [3.63, 3.8) is 0 Å². The molecule has 3 rings (SSSR count). The molecule has 0 saturated carbocycles. The van der Waals surface area contributed by atoms with Crippen LogP contribution in [0.1, 0.15) is 48.9 Å². The Morgan fingerprint density at radius 2 is 1.90 bits per heavy atom. The summed E-state index contributed by atoms with van der Waals surface area (Å²) in [6.45, 7) is 11.8. The first-order valence-electron chi connectivity index (χ1n) is 11.3. The third-order valence-electron chi connectivity index (χ3n) is 6.84. The predicted molar refractivity (Wildman–Crippen MR) is 117 cm³/mol. The summed E-state index contributed by atoms with van der Waals surface area (Å²) in [4.78, 5) is 27.9. The molecule has 1 saturated heterocycles. The van der Waals surface area contributed by atoms with E-state index in [1.807, 2.05) is 9.80 Å². The molecule has 1 aromatic rings. The third-order valence-corrected chi connectivity index (χ3v) is 6.84. The van der Waals surface area contributed by atoms with Gasteiger partial charge in [-0.1, -0.05) is 13.8 Å². The van der Waals surface area contributed by atoms with Crippen molar-refractivity contribution < 1.29 is 19.4 Å². The lowest BCUT2D eigenvalue weighted by atomic mass is 9.74. The van der Waals surface area contributed by atoms with E-state index < -0.39 is 5.97 Å². The van der Waals surface area contributed by atoms with Crippen LogP contribution in [0.5, 0.6) is 5.75 Å². The van der Waals surface area contributed by atoms with Crippen molar-refractivity contribution in [3.05, 3.63) is 28.3 Å². The monoisotopic (exact) mass is 416 g/mol. The number of hydrogen-bond acceptors (Lipinski definition) is 4. The highest BCUT2D eigenvalue weighted by molar-refractivity contribution is 5.79. The van der Waals surface area contributed by atoms with Crippen LogP contribution in [0.2, 0.25) is 0 Å². The Balaban J connectivity index is 1.66. The number of piperazine rings is 1. The van der Waals surface area contributed by atoms with Crippen LogP contribution in [-0.2, 0) is 22.4 Å². The lowest BCUT2D eigenvalue weighted by Gasteiger charge is -2.38. The molecule has 2 atom stereocenters. The zero-order valence-corrected chi connectivity index (χ0v) is 18.9. The molecule has 1 amide bonds. The van der Waals surface area contributed by atoms with Gasteiger partial charge in [-0.3, -0.25) is 14.5 Å². The van der Waals surface area contributed by atoms with Crippen LogP contribution in [-0.4, -0.2) is 66.1 Å². The van der Waals surface area contributed by atoms with Gasteiger partial charge in [0.1, 0.15) is 5.75 Å². The molecular weight excluding hydrogens is 380 g/mol. The summed E-state index contributed by atoms with van der Waals surface area (Å²) in [5.41, 5.74) is 5.35. The minimum atomic E-state index is -0.808. The van der Waals surface area contributed by atoms with Gasteiger partial charge in [0.05, 0.1) is 13.2 Å². The van der Waals surface area contributed by atoms with Gasteiger partial charge in [0.2, 0.25) is 5.91 Å². The van der Waals surface area contributed by atoms with E-state index in [2.05, 4.69) is 33.8 Å². The van der Waals surface area contributed by atoms with E-state index in [9.17, 15) is 9.59 Å². The summed E-state index contributed by atoms with van der Waals surface area (Å²) in [6.07, 6.45) is 3.97. The molecule has 0 radical (unpaired) electrons. The van der Waals surface area contributed by atoms with Gasteiger partial charge in [-0.05, 0) is 73.8 Å². The Labute approximate surface area is 180 Å². The first-order chi connectivity index (χ1) is 14.3. The minimum absolute atomic E-state index is 0.0240. The van der Waals surface area contributed by atoms with Gasteiger partial charge in [-0.15, -0.1) is 0 Å². The number of carbonyl (C=O) groups is 2. The highest BCUT2D eigenvalue weighted by Gasteiger charge is 2.33. The SMILES string of the molecule is CCCOc1cc(C)c2c(c1C)C[C@H](C(C)C(=O)N1CCN(CC(=O)O)CC1)CC2. The minimum Gasteiger partial charge on any atom is -0.493 e. The number of fused-ring (bicyclic) bond motifs is 1. The number of hydrogen-bond donors (Lipinski definition) is 1. The molecule has 166 valence electrons. The molecule has 30 heavy (non-hydrogen) atoms. The Hall–Kier alpha value is -2.08. The van der Waals surface area contributed by atoms with Gasteiger partial charge in [-0.25, -0.2) is 0 Å². The average molecular weight is 417 g/mol. The van der Waals surface area contributed by atoms with Crippen molar-refractivity contribution in [3.8, 4) is 5.75 Å². The Kier molecular flexibility index (Phi) is 7.40. The first-order valence-corrected chi connectivity index (χ1v) is 11.3. The van der Waals surface area contributed by atoms with Crippen LogP contribution in [0.25, 0.3) is 0 Å². The van der Waals surface area contributed by atoms with Gasteiger partial charge in [-0.2, -0.15) is 0 Å². The lowest BCUT2D eigenvalue weighted by molar-refractivity contribution is -0.141. The van der Waals surface area contributed by atoms with Crippen molar-refractivity contribution in [2.75, 3.05) is 39.3 Å². The molecule has 1 aliphatic heterocycles. The largest absolute Gasteiger partial charge is 0.493 e. The fourth-order valence-corrected chi connectivity index (χ4v) is 4.92. The summed E-state index contributed by atoms with van der Waals surface area (Å²) in [5.74, 6) is 0.705. The summed E-state index contributed by atoms with van der Waals surface area (Å²) in [7, 11) is 0. The third kappa shape index (κ3) is 4.97. The number of amides is 1. The molecule has 0 spiro atoms. The maximum Gasteiger partial charge on any atom is 0.317 e. The Bertz CT molecular complexity index is 784. The second-order valence-electron chi connectivity index (χ2n) is 8.91. The Morgan fingerprint density at radius 1 is 1.20 bits per heavy atom. The van der Waals surface area contributed by atoms with Crippen LogP contribution >= 0.6 is 0 Å². The van der Waals surface area contributed by atoms with E-state index >= 15 is 0 Å². The quantitative estimate of drug-likeness (QED) is 0.740. The van der Waals surface area contributed by atoms with Gasteiger partial charge in [0, 0.05) is 32.1 Å². The van der Waals surface area contributed by atoms with Crippen molar-refractivity contribution in [2.24, 2.45) is 11.8 Å². The van der Waals surface area contributed by atoms with E-state index in [0.717, 1.165) is 38.0 Å². The van der Waals surface area contributed by atoms with Crippen molar-refractivity contribution in [2.45, 2.75) is 53.4 Å². The van der Waals surface area contributed by atoms with E-state index in [0.29, 0.717) is 32.1 Å². The molecule has 6 heteroatoms. The predicted octanol–water partition coefficient (Wildman–Crippen LogP) is 3.06. The van der Waals surface area contributed by atoms with E-state index in [1.165, 1.54) is 22.3 Å². The van der Waals surface area contributed by atoms with Crippen molar-refractivity contribution in [1.82, 2.24) is 9.80 Å². The molecular formula is C24H36N2O4. The second-order valence-corrected chi connectivity index (χ2v) is 8.91. The highest BCUT2D eigenvalue weighted by atomic mass is 16.5. The smallest absolute Gasteiger partial charge is 0.317 e. The molecule has 1 aromatic carbocycles. The molecule has 1 fully saturated rings. The maximum atomic E-state index is 13.2. The normalized spacial score (nSPS) is 20.5. The summed E-state index contributed by atoms with van der Waals surface area (Å²) in [6, 6.07) is 2.18. The molecule has 1 unspecified atom stereocenters. The number of carboxylic acids is 1. The number of rotatable bonds is 7. The highest BCUT2D eigenvalue weighted by Crippen LogP contribution is 2.38. The molecule has 2 aliphatic rings. The van der Waals surface area contributed by atoms with E-state index in [1.54, 1.807) is 0 Å². The van der Waals surface area contributed by atoms with Crippen LogP contribution in [0.4, 0.5) is 0 Å². The topological polar surface area (TPSA) is 70.1 Å². The van der Waals surface area contributed by atoms with Crippen molar-refractivity contribution >= 4 is 11.9 Å². The van der Waals surface area contributed by atoms with Gasteiger partial charge in [0.15, 0.2) is 0 Å².